The number of carbonyl (C=O) groups is 1. The molecular weight excluding hydrogens is 194 g/mol. The summed E-state index contributed by atoms with van der Waals surface area (Å²) < 4.78 is 4.45. The molecule has 1 aromatic rings. The van der Waals surface area contributed by atoms with Gasteiger partial charge in [-0.1, -0.05) is 11.6 Å². The predicted molar refractivity (Wildman–Crippen MR) is 47.8 cm³/mol. The third-order valence-electron chi connectivity index (χ3n) is 1.52. The van der Waals surface area contributed by atoms with Crippen molar-refractivity contribution in [2.45, 2.75) is 6.42 Å². The molecule has 0 unspecified atom stereocenters. The summed E-state index contributed by atoms with van der Waals surface area (Å²) in [6.07, 6.45) is 1.47. The highest BCUT2D eigenvalue weighted by Crippen LogP contribution is 2.12. The largest absolute Gasteiger partial charge is 0.469 e. The number of aromatic amines is 1. The van der Waals surface area contributed by atoms with Gasteiger partial charge in [0, 0.05) is 12.3 Å². The lowest BCUT2D eigenvalue weighted by atomic mass is 10.2. The van der Waals surface area contributed by atoms with E-state index in [0.29, 0.717) is 5.56 Å². The maximum absolute atomic E-state index is 10.8. The molecule has 1 N–H and O–H groups in total. The average molecular weight is 202 g/mol. The van der Waals surface area contributed by atoms with Crippen LogP contribution in [0.25, 0.3) is 0 Å². The normalized spacial score (nSPS) is 9.69. The van der Waals surface area contributed by atoms with Crippen molar-refractivity contribution in [1.29, 1.82) is 0 Å². The maximum atomic E-state index is 10.8. The van der Waals surface area contributed by atoms with Crippen LogP contribution in [0.2, 0.25) is 5.02 Å². The summed E-state index contributed by atoms with van der Waals surface area (Å²) in [5, 5.41) is 0.272. The van der Waals surface area contributed by atoms with Crippen molar-refractivity contribution in [3.8, 4) is 0 Å². The van der Waals surface area contributed by atoms with Crippen LogP contribution in [0, 0.1) is 0 Å². The number of halogens is 1. The quantitative estimate of drug-likeness (QED) is 0.719. The van der Waals surface area contributed by atoms with Crippen LogP contribution in [-0.4, -0.2) is 18.1 Å². The zero-order chi connectivity index (χ0) is 9.84. The molecule has 4 nitrogen and oxygen atoms in total. The molecule has 0 aromatic carbocycles. The smallest absolute Gasteiger partial charge is 0.310 e. The molecule has 0 radical (unpaired) electrons. The lowest BCUT2D eigenvalue weighted by molar-refractivity contribution is -0.139. The van der Waals surface area contributed by atoms with Gasteiger partial charge in [-0.3, -0.25) is 9.59 Å². The monoisotopic (exact) mass is 201 g/mol. The first-order valence-corrected chi connectivity index (χ1v) is 3.95. The van der Waals surface area contributed by atoms with Gasteiger partial charge in [0.1, 0.15) is 0 Å². The first-order valence-electron chi connectivity index (χ1n) is 3.57. The Balaban J connectivity index is 2.90. The molecule has 0 aliphatic heterocycles. The Kier molecular flexibility index (Phi) is 3.08. The standard InChI is InChI=1S/C8H8ClNO3/c1-13-8(12)2-5-4-10-7(11)3-6(5)9/h3-4H,2H2,1H3,(H,10,11). The molecule has 0 atom stereocenters. The van der Waals surface area contributed by atoms with Crippen molar-refractivity contribution in [2.24, 2.45) is 0 Å². The van der Waals surface area contributed by atoms with E-state index >= 15 is 0 Å². The summed E-state index contributed by atoms with van der Waals surface area (Å²) in [5.41, 5.74) is 0.256. The molecule has 0 fully saturated rings. The summed E-state index contributed by atoms with van der Waals surface area (Å²) in [5.74, 6) is -0.394. The van der Waals surface area contributed by atoms with Crippen molar-refractivity contribution in [3.05, 3.63) is 33.2 Å². The van der Waals surface area contributed by atoms with Gasteiger partial charge in [-0.2, -0.15) is 0 Å². The number of carbonyl (C=O) groups excluding carboxylic acids is 1. The molecule has 0 bridgehead atoms. The van der Waals surface area contributed by atoms with Gasteiger partial charge < -0.3 is 9.72 Å². The number of ether oxygens (including phenoxy) is 1. The second-order valence-electron chi connectivity index (χ2n) is 2.42. The highest BCUT2D eigenvalue weighted by Gasteiger charge is 2.06. The van der Waals surface area contributed by atoms with Crippen LogP contribution in [0.5, 0.6) is 0 Å². The molecule has 0 amide bonds. The van der Waals surface area contributed by atoms with Gasteiger partial charge in [0.2, 0.25) is 5.56 Å². The Morgan fingerprint density at radius 3 is 2.92 bits per heavy atom. The zero-order valence-electron chi connectivity index (χ0n) is 6.96. The van der Waals surface area contributed by atoms with E-state index in [0.717, 1.165) is 0 Å². The summed E-state index contributed by atoms with van der Waals surface area (Å²) in [4.78, 5) is 24.0. The van der Waals surface area contributed by atoms with E-state index in [1.165, 1.54) is 19.4 Å². The number of hydrogen-bond donors (Lipinski definition) is 1. The van der Waals surface area contributed by atoms with Gasteiger partial charge in [0.05, 0.1) is 18.6 Å². The van der Waals surface area contributed by atoms with Crippen LogP contribution in [0.4, 0.5) is 0 Å². The van der Waals surface area contributed by atoms with Crippen LogP contribution in [0.15, 0.2) is 17.1 Å². The Bertz CT molecular complexity index is 372. The van der Waals surface area contributed by atoms with E-state index in [9.17, 15) is 9.59 Å². The Morgan fingerprint density at radius 1 is 1.69 bits per heavy atom. The van der Waals surface area contributed by atoms with Crippen molar-refractivity contribution in [2.75, 3.05) is 7.11 Å². The Hall–Kier alpha value is -1.29. The Morgan fingerprint density at radius 2 is 2.38 bits per heavy atom. The summed E-state index contributed by atoms with van der Waals surface area (Å²) >= 11 is 5.70. The van der Waals surface area contributed by atoms with E-state index in [1.54, 1.807) is 0 Å². The minimum Gasteiger partial charge on any atom is -0.469 e. The average Bonchev–Trinajstić information content (AvgIpc) is 2.09. The summed E-state index contributed by atoms with van der Waals surface area (Å²) in [6, 6.07) is 1.22. The number of methoxy groups -OCH3 is 1. The first kappa shape index (κ1) is 9.80. The fraction of sp³-hybridized carbons (Fsp3) is 0.250. The molecule has 0 spiro atoms. The number of pyridine rings is 1. The van der Waals surface area contributed by atoms with E-state index in [1.807, 2.05) is 0 Å². The molecule has 1 rings (SSSR count). The molecule has 0 saturated heterocycles. The van der Waals surface area contributed by atoms with E-state index in [-0.39, 0.29) is 17.0 Å². The molecule has 1 heterocycles. The van der Waals surface area contributed by atoms with Gasteiger partial charge in [0.25, 0.3) is 0 Å². The topological polar surface area (TPSA) is 59.2 Å². The number of nitrogens with one attached hydrogen (secondary N) is 1. The van der Waals surface area contributed by atoms with Gasteiger partial charge in [0.15, 0.2) is 0 Å². The highest BCUT2D eigenvalue weighted by atomic mass is 35.5. The molecule has 70 valence electrons. The fourth-order valence-corrected chi connectivity index (χ4v) is 1.06. The van der Waals surface area contributed by atoms with Gasteiger partial charge in [-0.25, -0.2) is 0 Å². The van der Waals surface area contributed by atoms with Crippen LogP contribution in [0.3, 0.4) is 0 Å². The molecule has 0 aliphatic rings. The van der Waals surface area contributed by atoms with E-state index in [2.05, 4.69) is 9.72 Å². The van der Waals surface area contributed by atoms with Crippen LogP contribution in [0.1, 0.15) is 5.56 Å². The van der Waals surface area contributed by atoms with Gasteiger partial charge in [-0.15, -0.1) is 0 Å². The number of rotatable bonds is 2. The zero-order valence-corrected chi connectivity index (χ0v) is 7.72. The maximum Gasteiger partial charge on any atom is 0.310 e. The highest BCUT2D eigenvalue weighted by molar-refractivity contribution is 6.31. The van der Waals surface area contributed by atoms with Crippen LogP contribution >= 0.6 is 11.6 Å². The SMILES string of the molecule is COC(=O)Cc1c[nH]c(=O)cc1Cl. The van der Waals surface area contributed by atoms with Gasteiger partial charge >= 0.3 is 5.97 Å². The second-order valence-corrected chi connectivity index (χ2v) is 2.83. The Labute approximate surface area is 79.5 Å². The lowest BCUT2D eigenvalue weighted by Gasteiger charge is -2.00. The third-order valence-corrected chi connectivity index (χ3v) is 1.87. The molecule has 0 saturated carbocycles. The molecule has 5 heteroatoms. The minimum absolute atomic E-state index is 0.0616. The molecule has 0 aliphatic carbocycles. The number of H-pyrrole nitrogens is 1. The molecular formula is C8H8ClNO3. The number of hydrogen-bond acceptors (Lipinski definition) is 3. The fourth-order valence-electron chi connectivity index (χ4n) is 0.840. The lowest BCUT2D eigenvalue weighted by Crippen LogP contribution is -2.09. The summed E-state index contributed by atoms with van der Waals surface area (Å²) in [6.45, 7) is 0. The van der Waals surface area contributed by atoms with Crippen molar-refractivity contribution in [1.82, 2.24) is 4.98 Å². The predicted octanol–water partition coefficient (Wildman–Crippen LogP) is 0.744. The van der Waals surface area contributed by atoms with Crippen molar-refractivity contribution < 1.29 is 9.53 Å². The molecule has 1 aromatic heterocycles. The van der Waals surface area contributed by atoms with Crippen LogP contribution in [-0.2, 0) is 16.0 Å². The van der Waals surface area contributed by atoms with E-state index in [4.69, 9.17) is 11.6 Å². The van der Waals surface area contributed by atoms with Crippen molar-refractivity contribution in [3.63, 3.8) is 0 Å². The van der Waals surface area contributed by atoms with E-state index < -0.39 is 5.97 Å². The first-order chi connectivity index (χ1) is 6.13. The van der Waals surface area contributed by atoms with Gasteiger partial charge in [-0.05, 0) is 5.56 Å². The van der Waals surface area contributed by atoms with Crippen LogP contribution < -0.4 is 5.56 Å². The van der Waals surface area contributed by atoms with Crippen molar-refractivity contribution >= 4 is 17.6 Å². The number of esters is 1. The minimum atomic E-state index is -0.394. The molecule has 13 heavy (non-hydrogen) atoms. The number of aromatic nitrogens is 1. The second kappa shape index (κ2) is 4.09. The third kappa shape index (κ3) is 2.59. The summed E-state index contributed by atoms with van der Waals surface area (Å²) in [7, 11) is 1.29.